The summed E-state index contributed by atoms with van der Waals surface area (Å²) in [6, 6.07) is 3.49. The standard InChI is InChI=1S/C24H26FN9O5S/c1-37-17-7-18(12-33(11-17)24-27-9-16(25)10-28-24)40(35,36)13-19-31-32-21(15-5-4-6-26-8-15)34(19)20-22(38-2)29-14-30-23(20)39-3/h4-6,8-10,14,17-18H,7,11-13H2,1-3H3/t17-,18+/m0/s1. The minimum Gasteiger partial charge on any atom is -0.479 e. The summed E-state index contributed by atoms with van der Waals surface area (Å²) in [6.07, 6.45) is 6.33. The monoisotopic (exact) mass is 571 g/mol. The van der Waals surface area contributed by atoms with Crippen molar-refractivity contribution in [1.82, 2.24) is 39.7 Å². The SMILES string of the molecule is COc1ncnc(OC)c1-n1c(CS(=O)(=O)[C@@H]2C[C@H](OC)CN(c3ncc(F)cn3)C2)nnc1-c1cccnc1. The molecule has 0 aromatic carbocycles. The Morgan fingerprint density at radius 3 is 2.35 bits per heavy atom. The molecule has 0 radical (unpaired) electrons. The Morgan fingerprint density at radius 1 is 1.00 bits per heavy atom. The van der Waals surface area contributed by atoms with Gasteiger partial charge in [-0.3, -0.25) is 9.55 Å². The van der Waals surface area contributed by atoms with Crippen LogP contribution in [0.25, 0.3) is 17.1 Å². The van der Waals surface area contributed by atoms with E-state index < -0.39 is 32.8 Å². The average molecular weight is 572 g/mol. The van der Waals surface area contributed by atoms with Gasteiger partial charge in [-0.1, -0.05) is 0 Å². The minimum atomic E-state index is -3.88. The van der Waals surface area contributed by atoms with Crippen molar-refractivity contribution in [2.24, 2.45) is 0 Å². The normalized spacial score (nSPS) is 17.6. The van der Waals surface area contributed by atoms with Crippen molar-refractivity contribution < 1.29 is 27.0 Å². The van der Waals surface area contributed by atoms with Crippen LogP contribution in [0.15, 0.2) is 43.2 Å². The van der Waals surface area contributed by atoms with Crippen LogP contribution < -0.4 is 14.4 Å². The fraction of sp³-hybridized carbons (Fsp3) is 0.375. The molecule has 0 aliphatic carbocycles. The zero-order valence-corrected chi connectivity index (χ0v) is 22.7. The first-order valence-corrected chi connectivity index (χ1v) is 13.8. The van der Waals surface area contributed by atoms with Crippen molar-refractivity contribution in [3.8, 4) is 28.8 Å². The molecule has 0 amide bonds. The fourth-order valence-electron chi connectivity index (χ4n) is 4.53. The second-order valence-corrected chi connectivity index (χ2v) is 11.2. The highest BCUT2D eigenvalue weighted by atomic mass is 32.2. The third-order valence-corrected chi connectivity index (χ3v) is 8.47. The molecule has 1 aliphatic rings. The van der Waals surface area contributed by atoms with E-state index in [2.05, 4.69) is 35.1 Å². The molecule has 0 N–H and O–H groups in total. The van der Waals surface area contributed by atoms with Gasteiger partial charge in [0, 0.05) is 38.2 Å². The lowest BCUT2D eigenvalue weighted by molar-refractivity contribution is 0.0897. The molecule has 0 unspecified atom stereocenters. The smallest absolute Gasteiger partial charge is 0.245 e. The highest BCUT2D eigenvalue weighted by Crippen LogP contribution is 2.34. The summed E-state index contributed by atoms with van der Waals surface area (Å²) in [5.74, 6) is -0.215. The van der Waals surface area contributed by atoms with Crippen molar-refractivity contribution in [3.05, 3.63) is 54.9 Å². The zero-order chi connectivity index (χ0) is 28.3. The largest absolute Gasteiger partial charge is 0.479 e. The van der Waals surface area contributed by atoms with E-state index in [0.717, 1.165) is 12.4 Å². The average Bonchev–Trinajstić information content (AvgIpc) is 3.39. The van der Waals surface area contributed by atoms with Crippen LogP contribution in [0, 0.1) is 5.82 Å². The van der Waals surface area contributed by atoms with Crippen LogP contribution in [0.2, 0.25) is 0 Å². The van der Waals surface area contributed by atoms with Crippen molar-refractivity contribution in [1.29, 1.82) is 0 Å². The Labute approximate surface area is 229 Å². The molecule has 0 spiro atoms. The molecule has 5 rings (SSSR count). The Balaban J connectivity index is 1.56. The summed E-state index contributed by atoms with van der Waals surface area (Å²) in [7, 11) is 0.479. The molecule has 40 heavy (non-hydrogen) atoms. The van der Waals surface area contributed by atoms with Crippen molar-refractivity contribution >= 4 is 15.8 Å². The lowest BCUT2D eigenvalue weighted by Gasteiger charge is -2.36. The van der Waals surface area contributed by atoms with Gasteiger partial charge in [-0.25, -0.2) is 22.8 Å². The number of piperidine rings is 1. The second kappa shape index (κ2) is 11.4. The Kier molecular flexibility index (Phi) is 7.79. The number of anilines is 1. The number of pyridine rings is 1. The number of nitrogens with zero attached hydrogens (tertiary/aromatic N) is 9. The molecule has 1 fully saturated rings. The van der Waals surface area contributed by atoms with Gasteiger partial charge in [0.1, 0.15) is 12.1 Å². The maximum atomic E-state index is 13.9. The Bertz CT molecular complexity index is 1550. The molecule has 5 heterocycles. The van der Waals surface area contributed by atoms with Gasteiger partial charge < -0.3 is 19.1 Å². The predicted molar refractivity (Wildman–Crippen MR) is 139 cm³/mol. The zero-order valence-electron chi connectivity index (χ0n) is 21.9. The van der Waals surface area contributed by atoms with Gasteiger partial charge >= 0.3 is 0 Å². The lowest BCUT2D eigenvalue weighted by Crippen LogP contribution is -2.50. The van der Waals surface area contributed by atoms with Crippen LogP contribution in [-0.4, -0.2) is 93.9 Å². The number of sulfone groups is 1. The molecule has 0 saturated carbocycles. The van der Waals surface area contributed by atoms with Gasteiger partial charge in [-0.15, -0.1) is 10.2 Å². The van der Waals surface area contributed by atoms with E-state index in [-0.39, 0.29) is 42.2 Å². The van der Waals surface area contributed by atoms with Gasteiger partial charge in [0.05, 0.1) is 38.0 Å². The number of halogens is 1. The predicted octanol–water partition coefficient (Wildman–Crippen LogP) is 1.27. The number of aromatic nitrogens is 8. The van der Waals surface area contributed by atoms with Gasteiger partial charge in [-0.2, -0.15) is 9.97 Å². The van der Waals surface area contributed by atoms with E-state index in [4.69, 9.17) is 14.2 Å². The van der Waals surface area contributed by atoms with E-state index in [0.29, 0.717) is 17.9 Å². The third-order valence-electron chi connectivity index (χ3n) is 6.45. The number of hydrogen-bond acceptors (Lipinski definition) is 13. The number of hydrogen-bond donors (Lipinski definition) is 0. The number of rotatable bonds is 9. The van der Waals surface area contributed by atoms with Crippen molar-refractivity contribution in [2.75, 3.05) is 39.3 Å². The summed E-state index contributed by atoms with van der Waals surface area (Å²) in [4.78, 5) is 22.2. The maximum absolute atomic E-state index is 13.9. The molecule has 1 aliphatic heterocycles. The first-order valence-electron chi connectivity index (χ1n) is 12.1. The van der Waals surface area contributed by atoms with Crippen molar-refractivity contribution in [3.63, 3.8) is 0 Å². The van der Waals surface area contributed by atoms with E-state index in [1.54, 1.807) is 29.4 Å². The molecule has 4 aromatic heterocycles. The van der Waals surface area contributed by atoms with Gasteiger partial charge in [0.2, 0.25) is 17.7 Å². The van der Waals surface area contributed by atoms with Crippen LogP contribution in [0.4, 0.5) is 10.3 Å². The topological polar surface area (TPSA) is 160 Å². The van der Waals surface area contributed by atoms with Gasteiger partial charge in [0.15, 0.2) is 33.0 Å². The Hall–Kier alpha value is -4.31. The molecule has 4 aromatic rings. The van der Waals surface area contributed by atoms with Gasteiger partial charge in [-0.05, 0) is 18.6 Å². The number of methoxy groups -OCH3 is 3. The molecule has 1 saturated heterocycles. The third kappa shape index (κ3) is 5.40. The second-order valence-electron chi connectivity index (χ2n) is 8.89. The highest BCUT2D eigenvalue weighted by Gasteiger charge is 2.38. The van der Waals surface area contributed by atoms with E-state index >= 15 is 0 Å². The van der Waals surface area contributed by atoms with Crippen LogP contribution in [0.5, 0.6) is 11.8 Å². The maximum Gasteiger partial charge on any atom is 0.245 e. The lowest BCUT2D eigenvalue weighted by atomic mass is 10.1. The van der Waals surface area contributed by atoms with E-state index in [1.807, 2.05) is 0 Å². The van der Waals surface area contributed by atoms with Gasteiger partial charge in [0.25, 0.3) is 0 Å². The first kappa shape index (κ1) is 27.3. The van der Waals surface area contributed by atoms with Crippen LogP contribution in [0.1, 0.15) is 12.2 Å². The number of ether oxygens (including phenoxy) is 3. The van der Waals surface area contributed by atoms with Crippen LogP contribution in [0.3, 0.4) is 0 Å². The molecule has 210 valence electrons. The van der Waals surface area contributed by atoms with E-state index in [1.165, 1.54) is 32.2 Å². The van der Waals surface area contributed by atoms with Crippen LogP contribution >= 0.6 is 0 Å². The molecule has 14 nitrogen and oxygen atoms in total. The molecule has 2 atom stereocenters. The molecule has 16 heteroatoms. The summed E-state index contributed by atoms with van der Waals surface area (Å²) in [5.41, 5.74) is 0.810. The Morgan fingerprint density at radius 2 is 1.73 bits per heavy atom. The summed E-state index contributed by atoms with van der Waals surface area (Å²) in [6.45, 7) is 0.434. The van der Waals surface area contributed by atoms with Crippen LogP contribution in [-0.2, 0) is 20.3 Å². The highest BCUT2D eigenvalue weighted by molar-refractivity contribution is 7.91. The minimum absolute atomic E-state index is 0.0819. The fourth-order valence-corrected chi connectivity index (χ4v) is 6.23. The molecular formula is C24H26FN9O5S. The first-order chi connectivity index (χ1) is 19.3. The summed E-state index contributed by atoms with van der Waals surface area (Å²) < 4.78 is 59.2. The molecule has 0 bridgehead atoms. The van der Waals surface area contributed by atoms with E-state index in [9.17, 15) is 12.8 Å². The molecular weight excluding hydrogens is 545 g/mol. The summed E-state index contributed by atoms with van der Waals surface area (Å²) in [5, 5.41) is 7.68. The summed E-state index contributed by atoms with van der Waals surface area (Å²) >= 11 is 0. The van der Waals surface area contributed by atoms with Crippen molar-refractivity contribution in [2.45, 2.75) is 23.5 Å². The quantitative estimate of drug-likeness (QED) is 0.283.